The summed E-state index contributed by atoms with van der Waals surface area (Å²) in [5, 5.41) is 19.8. The number of aliphatic hydroxyl groups excluding tert-OH is 1. The van der Waals surface area contributed by atoms with Crippen LogP contribution in [0.25, 0.3) is 0 Å². The first-order valence-corrected chi connectivity index (χ1v) is 5.84. The van der Waals surface area contributed by atoms with E-state index in [-0.39, 0.29) is 12.5 Å². The molecule has 16 heavy (non-hydrogen) atoms. The molecule has 0 amide bonds. The SMILES string of the molecule is C=CCOCCC12CCC(CO1)C2(O)CO. The Morgan fingerprint density at radius 3 is 2.94 bits per heavy atom. The van der Waals surface area contributed by atoms with Gasteiger partial charge in [0.25, 0.3) is 0 Å². The average molecular weight is 228 g/mol. The topological polar surface area (TPSA) is 58.9 Å². The Kier molecular flexibility index (Phi) is 3.35. The van der Waals surface area contributed by atoms with Crippen LogP contribution in [0.2, 0.25) is 0 Å². The highest BCUT2D eigenvalue weighted by atomic mass is 16.5. The predicted octanol–water partition coefficient (Wildman–Crippen LogP) is 0.482. The van der Waals surface area contributed by atoms with E-state index in [4.69, 9.17) is 9.47 Å². The number of aliphatic hydroxyl groups is 2. The molecule has 0 aromatic rings. The lowest BCUT2D eigenvalue weighted by atomic mass is 9.82. The number of rotatable bonds is 6. The molecule has 2 N–H and O–H groups in total. The second-order valence-electron chi connectivity index (χ2n) is 4.74. The maximum absolute atomic E-state index is 10.5. The summed E-state index contributed by atoms with van der Waals surface area (Å²) >= 11 is 0. The summed E-state index contributed by atoms with van der Waals surface area (Å²) in [6, 6.07) is 0. The molecule has 2 aliphatic rings. The number of hydrogen-bond donors (Lipinski definition) is 2. The zero-order valence-corrected chi connectivity index (χ0v) is 9.52. The van der Waals surface area contributed by atoms with Gasteiger partial charge in [0.2, 0.25) is 0 Å². The molecule has 1 aliphatic carbocycles. The molecule has 1 heterocycles. The Bertz CT molecular complexity index is 258. The highest BCUT2D eigenvalue weighted by Crippen LogP contribution is 2.53. The van der Waals surface area contributed by atoms with Crippen molar-refractivity contribution in [2.75, 3.05) is 26.4 Å². The Labute approximate surface area is 95.9 Å². The van der Waals surface area contributed by atoms with Crippen molar-refractivity contribution < 1.29 is 19.7 Å². The molecule has 1 saturated carbocycles. The minimum atomic E-state index is -1.06. The second kappa shape index (κ2) is 4.45. The molecule has 3 unspecified atom stereocenters. The van der Waals surface area contributed by atoms with Crippen molar-refractivity contribution >= 4 is 0 Å². The Morgan fingerprint density at radius 2 is 2.38 bits per heavy atom. The summed E-state index contributed by atoms with van der Waals surface area (Å²) in [5.74, 6) is 0.0805. The fourth-order valence-electron chi connectivity index (χ4n) is 3.00. The van der Waals surface area contributed by atoms with Gasteiger partial charge in [-0.3, -0.25) is 0 Å². The van der Waals surface area contributed by atoms with E-state index >= 15 is 0 Å². The van der Waals surface area contributed by atoms with Crippen LogP contribution in [0.15, 0.2) is 12.7 Å². The fraction of sp³-hybridized carbons (Fsp3) is 0.833. The first-order chi connectivity index (χ1) is 7.68. The largest absolute Gasteiger partial charge is 0.393 e. The van der Waals surface area contributed by atoms with Gasteiger partial charge in [-0.15, -0.1) is 6.58 Å². The van der Waals surface area contributed by atoms with Crippen LogP contribution in [-0.4, -0.2) is 47.8 Å². The summed E-state index contributed by atoms with van der Waals surface area (Å²) in [5.41, 5.74) is -1.65. The van der Waals surface area contributed by atoms with Crippen LogP contribution < -0.4 is 0 Å². The highest BCUT2D eigenvalue weighted by Gasteiger charge is 2.64. The minimum Gasteiger partial charge on any atom is -0.393 e. The van der Waals surface area contributed by atoms with Gasteiger partial charge in [0.15, 0.2) is 0 Å². The van der Waals surface area contributed by atoms with Gasteiger partial charge in [-0.05, 0) is 12.8 Å². The van der Waals surface area contributed by atoms with Crippen molar-refractivity contribution in [2.45, 2.75) is 30.5 Å². The molecule has 0 aromatic heterocycles. The lowest BCUT2D eigenvalue weighted by Crippen LogP contribution is -2.52. The molecule has 1 aliphatic heterocycles. The van der Waals surface area contributed by atoms with E-state index in [0.717, 1.165) is 12.8 Å². The molecule has 4 nitrogen and oxygen atoms in total. The fourth-order valence-corrected chi connectivity index (χ4v) is 3.00. The van der Waals surface area contributed by atoms with Crippen LogP contribution in [0.1, 0.15) is 19.3 Å². The summed E-state index contributed by atoms with van der Waals surface area (Å²) in [6.45, 7) is 4.95. The van der Waals surface area contributed by atoms with Crippen LogP contribution in [0.4, 0.5) is 0 Å². The van der Waals surface area contributed by atoms with E-state index in [1.807, 2.05) is 0 Å². The molecule has 1 saturated heterocycles. The molecule has 0 aromatic carbocycles. The van der Waals surface area contributed by atoms with Crippen molar-refractivity contribution in [1.82, 2.24) is 0 Å². The lowest BCUT2D eigenvalue weighted by Gasteiger charge is -2.36. The van der Waals surface area contributed by atoms with E-state index in [1.165, 1.54) is 0 Å². The smallest absolute Gasteiger partial charge is 0.122 e. The van der Waals surface area contributed by atoms with Gasteiger partial charge in [0, 0.05) is 18.9 Å². The van der Waals surface area contributed by atoms with Gasteiger partial charge in [-0.25, -0.2) is 0 Å². The van der Waals surface area contributed by atoms with E-state index in [2.05, 4.69) is 6.58 Å². The van der Waals surface area contributed by atoms with Crippen LogP contribution in [-0.2, 0) is 9.47 Å². The second-order valence-corrected chi connectivity index (χ2v) is 4.74. The standard InChI is InChI=1S/C12H20O4/c1-2-6-15-7-5-11-4-3-10(8-16-11)12(11,14)9-13/h2,10,13-14H,1,3-9H2. The number of fused-ring (bicyclic) bond motifs is 2. The normalized spacial score (nSPS) is 41.5. The van der Waals surface area contributed by atoms with E-state index < -0.39 is 11.2 Å². The molecular formula is C12H20O4. The highest BCUT2D eigenvalue weighted by molar-refractivity contribution is 5.14. The van der Waals surface area contributed by atoms with E-state index in [1.54, 1.807) is 6.08 Å². The Balaban J connectivity index is 1.97. The minimum absolute atomic E-state index is 0.0805. The summed E-state index contributed by atoms with van der Waals surface area (Å²) in [4.78, 5) is 0. The third-order valence-electron chi connectivity index (χ3n) is 4.05. The maximum atomic E-state index is 10.5. The lowest BCUT2D eigenvalue weighted by molar-refractivity contribution is -0.142. The van der Waals surface area contributed by atoms with E-state index in [9.17, 15) is 10.2 Å². The van der Waals surface area contributed by atoms with Crippen LogP contribution in [0, 0.1) is 5.92 Å². The van der Waals surface area contributed by atoms with Crippen molar-refractivity contribution in [3.05, 3.63) is 12.7 Å². The third kappa shape index (κ3) is 1.61. The van der Waals surface area contributed by atoms with Crippen molar-refractivity contribution in [1.29, 1.82) is 0 Å². The number of ether oxygens (including phenoxy) is 2. The molecule has 4 heteroatoms. The molecule has 2 fully saturated rings. The summed E-state index contributed by atoms with van der Waals surface area (Å²) in [6.07, 6.45) is 4.07. The Hall–Kier alpha value is -0.420. The quantitative estimate of drug-likeness (QED) is 0.513. The summed E-state index contributed by atoms with van der Waals surface area (Å²) < 4.78 is 11.0. The third-order valence-corrected chi connectivity index (χ3v) is 4.05. The molecular weight excluding hydrogens is 208 g/mol. The average Bonchev–Trinajstić information content (AvgIpc) is 2.75. The monoisotopic (exact) mass is 228 g/mol. The van der Waals surface area contributed by atoms with Gasteiger partial charge in [0.1, 0.15) is 11.2 Å². The van der Waals surface area contributed by atoms with Crippen LogP contribution >= 0.6 is 0 Å². The van der Waals surface area contributed by atoms with Crippen LogP contribution in [0.5, 0.6) is 0 Å². The van der Waals surface area contributed by atoms with Gasteiger partial charge >= 0.3 is 0 Å². The van der Waals surface area contributed by atoms with Gasteiger partial charge in [0.05, 0.1) is 19.8 Å². The molecule has 3 atom stereocenters. The first-order valence-electron chi connectivity index (χ1n) is 5.84. The number of hydrogen-bond acceptors (Lipinski definition) is 4. The van der Waals surface area contributed by atoms with Crippen molar-refractivity contribution in [3.63, 3.8) is 0 Å². The first kappa shape index (κ1) is 12.0. The Morgan fingerprint density at radius 1 is 1.56 bits per heavy atom. The molecule has 0 radical (unpaired) electrons. The zero-order chi connectivity index (χ0) is 11.6. The van der Waals surface area contributed by atoms with Gasteiger partial charge in [-0.2, -0.15) is 0 Å². The van der Waals surface area contributed by atoms with Crippen molar-refractivity contribution in [3.8, 4) is 0 Å². The van der Waals surface area contributed by atoms with Gasteiger partial charge < -0.3 is 19.7 Å². The maximum Gasteiger partial charge on any atom is 0.122 e. The molecule has 92 valence electrons. The van der Waals surface area contributed by atoms with Gasteiger partial charge in [-0.1, -0.05) is 6.08 Å². The predicted molar refractivity (Wildman–Crippen MR) is 59.1 cm³/mol. The van der Waals surface area contributed by atoms with E-state index in [0.29, 0.717) is 26.2 Å². The van der Waals surface area contributed by atoms with Crippen molar-refractivity contribution in [2.24, 2.45) is 5.92 Å². The molecule has 2 bridgehead atoms. The summed E-state index contributed by atoms with van der Waals surface area (Å²) in [7, 11) is 0. The van der Waals surface area contributed by atoms with Crippen LogP contribution in [0.3, 0.4) is 0 Å². The zero-order valence-electron chi connectivity index (χ0n) is 9.52. The molecule has 0 spiro atoms. The molecule has 2 rings (SSSR count).